The number of aromatic nitrogens is 2. The maximum atomic E-state index is 5.75. The van der Waals surface area contributed by atoms with Gasteiger partial charge in [0, 0.05) is 13.1 Å². The van der Waals surface area contributed by atoms with E-state index in [1.54, 1.807) is 13.4 Å². The van der Waals surface area contributed by atoms with E-state index in [1.807, 2.05) is 6.92 Å². The van der Waals surface area contributed by atoms with Gasteiger partial charge in [-0.3, -0.25) is 0 Å². The normalized spacial score (nSPS) is 20.4. The zero-order chi connectivity index (χ0) is 12.3. The minimum atomic E-state index is 0.559. The molecule has 0 spiro atoms. The van der Waals surface area contributed by atoms with Gasteiger partial charge < -0.3 is 15.4 Å². The third-order valence-electron chi connectivity index (χ3n) is 3.32. The molecular weight excluding hydrogens is 216 g/mol. The van der Waals surface area contributed by atoms with Gasteiger partial charge in [-0.2, -0.15) is 0 Å². The van der Waals surface area contributed by atoms with Crippen LogP contribution >= 0.6 is 0 Å². The lowest BCUT2D eigenvalue weighted by molar-refractivity contribution is 0.391. The lowest BCUT2D eigenvalue weighted by Crippen LogP contribution is -2.39. The lowest BCUT2D eigenvalue weighted by atomic mass is 9.98. The van der Waals surface area contributed by atoms with Crippen LogP contribution in [0.15, 0.2) is 6.33 Å². The van der Waals surface area contributed by atoms with Crippen molar-refractivity contribution in [2.24, 2.45) is 11.7 Å². The molecule has 1 fully saturated rings. The molecule has 2 heterocycles. The molecule has 17 heavy (non-hydrogen) atoms. The number of piperidine rings is 1. The van der Waals surface area contributed by atoms with Crippen molar-refractivity contribution in [2.45, 2.75) is 19.8 Å². The summed E-state index contributed by atoms with van der Waals surface area (Å²) in [5.74, 6) is 2.24. The molecule has 1 atom stereocenters. The van der Waals surface area contributed by atoms with Gasteiger partial charge in [0.1, 0.15) is 6.33 Å². The van der Waals surface area contributed by atoms with Crippen LogP contribution < -0.4 is 15.4 Å². The van der Waals surface area contributed by atoms with Crippen LogP contribution in [-0.4, -0.2) is 36.7 Å². The molecule has 1 aliphatic rings. The van der Waals surface area contributed by atoms with Gasteiger partial charge in [0.25, 0.3) is 0 Å². The molecule has 0 bridgehead atoms. The maximum Gasteiger partial charge on any atom is 0.182 e. The summed E-state index contributed by atoms with van der Waals surface area (Å²) in [4.78, 5) is 10.8. The Morgan fingerprint density at radius 2 is 2.35 bits per heavy atom. The van der Waals surface area contributed by atoms with Crippen molar-refractivity contribution in [3.63, 3.8) is 0 Å². The Kier molecular flexibility index (Phi) is 3.78. The molecule has 1 aromatic heterocycles. The van der Waals surface area contributed by atoms with Crippen molar-refractivity contribution < 1.29 is 4.74 Å². The Morgan fingerprint density at radius 1 is 1.53 bits per heavy atom. The molecule has 0 saturated carbocycles. The molecule has 94 valence electrons. The van der Waals surface area contributed by atoms with E-state index in [1.165, 1.54) is 6.42 Å². The number of hydrogen-bond donors (Lipinski definition) is 1. The minimum absolute atomic E-state index is 0.559. The van der Waals surface area contributed by atoms with Gasteiger partial charge in [0.05, 0.1) is 12.8 Å². The third kappa shape index (κ3) is 2.49. The highest BCUT2D eigenvalue weighted by Crippen LogP contribution is 2.30. The van der Waals surface area contributed by atoms with Crippen LogP contribution in [0.5, 0.6) is 5.75 Å². The Balaban J connectivity index is 2.24. The van der Waals surface area contributed by atoms with Crippen LogP contribution in [0.2, 0.25) is 0 Å². The molecule has 0 radical (unpaired) electrons. The van der Waals surface area contributed by atoms with E-state index in [0.717, 1.165) is 43.3 Å². The fraction of sp³-hybridized carbons (Fsp3) is 0.667. The van der Waals surface area contributed by atoms with Crippen molar-refractivity contribution >= 4 is 5.82 Å². The average molecular weight is 236 g/mol. The van der Waals surface area contributed by atoms with Gasteiger partial charge >= 0.3 is 0 Å². The fourth-order valence-electron chi connectivity index (χ4n) is 2.36. The first-order chi connectivity index (χ1) is 8.26. The van der Waals surface area contributed by atoms with E-state index in [2.05, 4.69) is 14.9 Å². The highest BCUT2D eigenvalue weighted by Gasteiger charge is 2.23. The summed E-state index contributed by atoms with van der Waals surface area (Å²) in [6.45, 7) is 4.66. The molecule has 0 aliphatic carbocycles. The molecule has 5 heteroatoms. The molecule has 1 unspecified atom stereocenters. The first kappa shape index (κ1) is 12.1. The Morgan fingerprint density at radius 3 is 3.06 bits per heavy atom. The van der Waals surface area contributed by atoms with Crippen molar-refractivity contribution in [1.82, 2.24) is 9.97 Å². The van der Waals surface area contributed by atoms with Crippen LogP contribution in [0.4, 0.5) is 5.82 Å². The van der Waals surface area contributed by atoms with Gasteiger partial charge in [-0.05, 0) is 32.2 Å². The molecule has 2 N–H and O–H groups in total. The summed E-state index contributed by atoms with van der Waals surface area (Å²) < 4.78 is 5.40. The van der Waals surface area contributed by atoms with Crippen LogP contribution in [0.25, 0.3) is 0 Å². The van der Waals surface area contributed by atoms with E-state index in [-0.39, 0.29) is 0 Å². The van der Waals surface area contributed by atoms with Crippen molar-refractivity contribution in [3.8, 4) is 5.75 Å². The highest BCUT2D eigenvalue weighted by molar-refractivity contribution is 5.54. The summed E-state index contributed by atoms with van der Waals surface area (Å²) in [6.07, 6.45) is 3.96. The number of rotatable bonds is 3. The maximum absolute atomic E-state index is 5.75. The highest BCUT2D eigenvalue weighted by atomic mass is 16.5. The van der Waals surface area contributed by atoms with Gasteiger partial charge in [-0.15, -0.1) is 0 Å². The summed E-state index contributed by atoms with van der Waals surface area (Å²) in [5, 5.41) is 0. The fourth-order valence-corrected chi connectivity index (χ4v) is 2.36. The number of nitrogens with two attached hydrogens (primary N) is 1. The molecule has 2 rings (SSSR count). The zero-order valence-corrected chi connectivity index (χ0v) is 10.5. The molecule has 5 nitrogen and oxygen atoms in total. The second kappa shape index (κ2) is 5.31. The smallest absolute Gasteiger partial charge is 0.182 e. The quantitative estimate of drug-likeness (QED) is 0.847. The molecular formula is C12H20N4O. The summed E-state index contributed by atoms with van der Waals surface area (Å²) in [5.41, 5.74) is 6.64. The van der Waals surface area contributed by atoms with Crippen LogP contribution in [0.3, 0.4) is 0 Å². The molecule has 1 aliphatic heterocycles. The number of anilines is 1. The van der Waals surface area contributed by atoms with Gasteiger partial charge in [0.15, 0.2) is 11.6 Å². The van der Waals surface area contributed by atoms with E-state index in [0.29, 0.717) is 5.92 Å². The second-order valence-corrected chi connectivity index (χ2v) is 4.51. The van der Waals surface area contributed by atoms with E-state index in [9.17, 15) is 0 Å². The Bertz CT molecular complexity index is 383. The summed E-state index contributed by atoms with van der Waals surface area (Å²) in [6, 6.07) is 0. The van der Waals surface area contributed by atoms with Crippen molar-refractivity contribution in [2.75, 3.05) is 31.6 Å². The number of aryl methyl sites for hydroxylation is 1. The summed E-state index contributed by atoms with van der Waals surface area (Å²) in [7, 11) is 1.67. The number of methoxy groups -OCH3 is 1. The molecule has 1 aromatic rings. The van der Waals surface area contributed by atoms with Crippen molar-refractivity contribution in [3.05, 3.63) is 12.0 Å². The van der Waals surface area contributed by atoms with E-state index >= 15 is 0 Å². The average Bonchev–Trinajstić information content (AvgIpc) is 2.38. The second-order valence-electron chi connectivity index (χ2n) is 4.51. The summed E-state index contributed by atoms with van der Waals surface area (Å²) >= 11 is 0. The largest absolute Gasteiger partial charge is 0.491 e. The standard InChI is InChI=1S/C12H20N4O/c1-9-11(17-2)12(15-8-14-9)16-5-3-4-10(6-13)7-16/h8,10H,3-7,13H2,1-2H3. The topological polar surface area (TPSA) is 64.3 Å². The predicted molar refractivity (Wildman–Crippen MR) is 67.3 cm³/mol. The minimum Gasteiger partial charge on any atom is -0.491 e. The zero-order valence-electron chi connectivity index (χ0n) is 10.5. The Hall–Kier alpha value is -1.36. The lowest BCUT2D eigenvalue weighted by Gasteiger charge is -2.33. The number of hydrogen-bond acceptors (Lipinski definition) is 5. The molecule has 0 amide bonds. The van der Waals surface area contributed by atoms with Crippen LogP contribution in [0, 0.1) is 12.8 Å². The molecule has 1 saturated heterocycles. The number of ether oxygens (including phenoxy) is 1. The van der Waals surface area contributed by atoms with E-state index in [4.69, 9.17) is 10.5 Å². The Labute approximate surface area is 102 Å². The van der Waals surface area contributed by atoms with E-state index < -0.39 is 0 Å². The van der Waals surface area contributed by atoms with Crippen LogP contribution in [-0.2, 0) is 0 Å². The van der Waals surface area contributed by atoms with Crippen LogP contribution in [0.1, 0.15) is 18.5 Å². The first-order valence-electron chi connectivity index (χ1n) is 6.07. The predicted octanol–water partition coefficient (Wildman–Crippen LogP) is 0.969. The molecule has 0 aromatic carbocycles. The van der Waals surface area contributed by atoms with Gasteiger partial charge in [0.2, 0.25) is 0 Å². The first-order valence-corrected chi connectivity index (χ1v) is 6.07. The van der Waals surface area contributed by atoms with Gasteiger partial charge in [-0.25, -0.2) is 9.97 Å². The van der Waals surface area contributed by atoms with Gasteiger partial charge in [-0.1, -0.05) is 0 Å². The monoisotopic (exact) mass is 236 g/mol. The SMILES string of the molecule is COc1c(C)ncnc1N1CCCC(CN)C1. The van der Waals surface area contributed by atoms with Crippen molar-refractivity contribution in [1.29, 1.82) is 0 Å². The third-order valence-corrected chi connectivity index (χ3v) is 3.32. The number of nitrogens with zero attached hydrogens (tertiary/aromatic N) is 3.